The summed E-state index contributed by atoms with van der Waals surface area (Å²) >= 11 is 0. The van der Waals surface area contributed by atoms with Crippen molar-refractivity contribution in [1.29, 1.82) is 0 Å². The van der Waals surface area contributed by atoms with Crippen LogP contribution in [0.4, 0.5) is 0 Å². The minimum atomic E-state index is -0.759. The van der Waals surface area contributed by atoms with E-state index >= 15 is 0 Å². The van der Waals surface area contributed by atoms with Crippen LogP contribution in [-0.2, 0) is 14.3 Å². The van der Waals surface area contributed by atoms with Crippen molar-refractivity contribution in [2.24, 2.45) is 0 Å². The van der Waals surface area contributed by atoms with Gasteiger partial charge in [0.1, 0.15) is 11.5 Å². The van der Waals surface area contributed by atoms with E-state index < -0.39 is 30.0 Å². The van der Waals surface area contributed by atoms with Gasteiger partial charge in [-0.05, 0) is 86.5 Å². The Morgan fingerprint density at radius 2 is 0.962 bits per heavy atom. The first-order valence-electron chi connectivity index (χ1n) is 19.1. The van der Waals surface area contributed by atoms with Crippen molar-refractivity contribution in [2.75, 3.05) is 20.3 Å². The summed E-state index contributed by atoms with van der Waals surface area (Å²) in [5.74, 6) is -1.48. The average molecular weight is 733 g/mol. The first-order chi connectivity index (χ1) is 25.7. The Morgan fingerprint density at radius 1 is 0.509 bits per heavy atom. The number of carbonyl (C=O) groups is 4. The number of ether oxygens (including phenoxy) is 6. The molecule has 1 unspecified atom stereocenters. The van der Waals surface area contributed by atoms with Gasteiger partial charge in [0.2, 0.25) is 0 Å². The molecule has 0 saturated heterocycles. The number of benzene rings is 3. The Kier molecular flexibility index (Phi) is 19.8. The molecule has 0 saturated carbocycles. The van der Waals surface area contributed by atoms with Crippen LogP contribution < -0.4 is 18.9 Å². The quantitative estimate of drug-likeness (QED) is 0.0472. The van der Waals surface area contributed by atoms with Crippen molar-refractivity contribution in [2.45, 2.75) is 117 Å². The topological polar surface area (TPSA) is 124 Å². The highest BCUT2D eigenvalue weighted by molar-refractivity contribution is 5.93. The predicted octanol–water partition coefficient (Wildman–Crippen LogP) is 10.1. The van der Waals surface area contributed by atoms with Gasteiger partial charge >= 0.3 is 23.9 Å². The normalized spacial score (nSPS) is 11.4. The average Bonchev–Trinajstić information content (AvgIpc) is 3.17. The smallest absolute Gasteiger partial charge is 0.343 e. The van der Waals surface area contributed by atoms with Crippen LogP contribution >= 0.6 is 0 Å². The molecule has 10 nitrogen and oxygen atoms in total. The fourth-order valence-corrected chi connectivity index (χ4v) is 5.41. The van der Waals surface area contributed by atoms with Crippen molar-refractivity contribution in [3.05, 3.63) is 83.4 Å². The molecule has 0 spiro atoms. The van der Waals surface area contributed by atoms with Gasteiger partial charge in [-0.3, -0.25) is 0 Å². The van der Waals surface area contributed by atoms with Crippen LogP contribution in [0.1, 0.15) is 142 Å². The van der Waals surface area contributed by atoms with Gasteiger partial charge in [-0.1, -0.05) is 90.9 Å². The maximum Gasteiger partial charge on any atom is 0.343 e. The summed E-state index contributed by atoms with van der Waals surface area (Å²) in [4.78, 5) is 50.6. The van der Waals surface area contributed by atoms with Crippen LogP contribution in [0.15, 0.2) is 66.7 Å². The summed E-state index contributed by atoms with van der Waals surface area (Å²) in [7, 11) is 1.40. The van der Waals surface area contributed by atoms with Crippen molar-refractivity contribution in [3.8, 4) is 23.0 Å². The fraction of sp³-hybridized carbons (Fsp3) is 0.488. The van der Waals surface area contributed by atoms with Crippen molar-refractivity contribution in [1.82, 2.24) is 0 Å². The second-order valence-electron chi connectivity index (χ2n) is 13.0. The first-order valence-corrected chi connectivity index (χ1v) is 19.1. The molecule has 10 heteroatoms. The summed E-state index contributed by atoms with van der Waals surface area (Å²) in [6.45, 7) is 6.88. The van der Waals surface area contributed by atoms with Crippen LogP contribution in [0.2, 0.25) is 0 Å². The van der Waals surface area contributed by atoms with E-state index in [0.717, 1.165) is 38.5 Å². The minimum absolute atomic E-state index is 0.150. The van der Waals surface area contributed by atoms with Crippen molar-refractivity contribution < 1.29 is 47.6 Å². The van der Waals surface area contributed by atoms with Gasteiger partial charge in [0.05, 0.1) is 30.4 Å². The number of hydrogen-bond acceptors (Lipinski definition) is 10. The Balaban J connectivity index is 1.43. The second kappa shape index (κ2) is 24.5. The van der Waals surface area contributed by atoms with Crippen LogP contribution in [-0.4, -0.2) is 50.3 Å². The molecule has 0 fully saturated rings. The van der Waals surface area contributed by atoms with E-state index in [-0.39, 0.29) is 34.1 Å². The van der Waals surface area contributed by atoms with Gasteiger partial charge in [-0.25, -0.2) is 19.2 Å². The zero-order chi connectivity index (χ0) is 38.3. The van der Waals surface area contributed by atoms with Crippen molar-refractivity contribution >= 4 is 23.9 Å². The summed E-state index contributed by atoms with van der Waals surface area (Å²) in [6.07, 6.45) is 15.3. The lowest BCUT2D eigenvalue weighted by Crippen LogP contribution is -2.26. The highest BCUT2D eigenvalue weighted by Crippen LogP contribution is 2.29. The van der Waals surface area contributed by atoms with E-state index in [4.69, 9.17) is 28.4 Å². The third-order valence-corrected chi connectivity index (χ3v) is 8.64. The third-order valence-electron chi connectivity index (χ3n) is 8.64. The van der Waals surface area contributed by atoms with Gasteiger partial charge in [-0.15, -0.1) is 0 Å². The van der Waals surface area contributed by atoms with Crippen LogP contribution in [0, 0.1) is 0 Å². The highest BCUT2D eigenvalue weighted by Gasteiger charge is 2.20. The molecular formula is C43H56O10. The lowest BCUT2D eigenvalue weighted by Gasteiger charge is -2.15. The Morgan fingerprint density at radius 3 is 1.49 bits per heavy atom. The maximum absolute atomic E-state index is 12.9. The monoisotopic (exact) mass is 732 g/mol. The number of hydrogen-bond donors (Lipinski definition) is 0. The SMILES string of the molecule is CCCCCCCCCCOC(C)C(=O)Oc1ccc(C(=O)Oc2ccc(C(=O)Oc3ccc(C(=O)OCCCCCCCC)cc3)cc2)cc1OC. The molecule has 3 rings (SSSR count). The van der Waals surface area contributed by atoms with Crippen LogP contribution in [0.3, 0.4) is 0 Å². The molecule has 0 aliphatic heterocycles. The molecule has 0 aliphatic rings. The molecule has 3 aromatic rings. The van der Waals surface area contributed by atoms with E-state index in [2.05, 4.69) is 13.8 Å². The molecule has 0 bridgehead atoms. The van der Waals surface area contributed by atoms with Crippen molar-refractivity contribution in [3.63, 3.8) is 0 Å². The standard InChI is InChI=1S/C43H56O10/c1-5-7-9-11-13-14-16-17-29-49-32(3)40(44)53-38-28-23-35(31-39(38)48-4)43(47)52-37-26-21-34(22-27-37)42(46)51-36-24-19-33(20-25-36)41(45)50-30-18-15-12-10-8-6-2/h19-28,31-32H,5-18,29-30H2,1-4H3. The van der Waals surface area contributed by atoms with Crippen LogP contribution in [0.25, 0.3) is 0 Å². The number of methoxy groups -OCH3 is 1. The largest absolute Gasteiger partial charge is 0.493 e. The molecule has 0 N–H and O–H groups in total. The summed E-state index contributed by atoms with van der Waals surface area (Å²) in [5, 5.41) is 0. The van der Waals surface area contributed by atoms with Crippen LogP contribution in [0.5, 0.6) is 23.0 Å². The lowest BCUT2D eigenvalue weighted by molar-refractivity contribution is -0.146. The predicted molar refractivity (Wildman–Crippen MR) is 203 cm³/mol. The Hall–Kier alpha value is -4.70. The fourth-order valence-electron chi connectivity index (χ4n) is 5.41. The minimum Gasteiger partial charge on any atom is -0.493 e. The van der Waals surface area contributed by atoms with E-state index in [1.54, 1.807) is 19.1 Å². The second-order valence-corrected chi connectivity index (χ2v) is 13.0. The lowest BCUT2D eigenvalue weighted by atomic mass is 10.1. The first kappa shape index (κ1) is 42.7. The van der Waals surface area contributed by atoms with E-state index in [1.165, 1.54) is 113 Å². The molecule has 288 valence electrons. The molecule has 1 atom stereocenters. The highest BCUT2D eigenvalue weighted by atomic mass is 16.6. The number of esters is 4. The maximum atomic E-state index is 12.9. The number of carbonyl (C=O) groups excluding carboxylic acids is 4. The molecule has 0 amide bonds. The van der Waals surface area contributed by atoms with Gasteiger partial charge in [-0.2, -0.15) is 0 Å². The summed E-state index contributed by atoms with van der Waals surface area (Å²) in [5.41, 5.74) is 0.772. The number of rotatable bonds is 25. The summed E-state index contributed by atoms with van der Waals surface area (Å²) < 4.78 is 32.8. The van der Waals surface area contributed by atoms with Gasteiger partial charge in [0.25, 0.3) is 0 Å². The number of unbranched alkanes of at least 4 members (excludes halogenated alkanes) is 12. The zero-order valence-electron chi connectivity index (χ0n) is 31.8. The molecule has 0 radical (unpaired) electrons. The molecule has 0 aromatic heterocycles. The zero-order valence-corrected chi connectivity index (χ0v) is 31.8. The van der Waals surface area contributed by atoms with Gasteiger partial charge in [0.15, 0.2) is 17.6 Å². The molecule has 0 heterocycles. The molecular weight excluding hydrogens is 676 g/mol. The molecule has 3 aromatic carbocycles. The Labute approximate surface area is 314 Å². The van der Waals surface area contributed by atoms with E-state index in [9.17, 15) is 19.2 Å². The molecule has 0 aliphatic carbocycles. The summed E-state index contributed by atoms with van der Waals surface area (Å²) in [6, 6.07) is 16.4. The Bertz CT molecular complexity index is 1550. The van der Waals surface area contributed by atoms with E-state index in [0.29, 0.717) is 18.8 Å². The van der Waals surface area contributed by atoms with Gasteiger partial charge < -0.3 is 28.4 Å². The third kappa shape index (κ3) is 15.8. The molecule has 53 heavy (non-hydrogen) atoms. The van der Waals surface area contributed by atoms with Gasteiger partial charge in [0, 0.05) is 6.61 Å². The van der Waals surface area contributed by atoms with E-state index in [1.807, 2.05) is 0 Å².